The van der Waals surface area contributed by atoms with E-state index in [1.54, 1.807) is 6.07 Å². The van der Waals surface area contributed by atoms with Crippen LogP contribution in [0, 0.1) is 0 Å². The van der Waals surface area contributed by atoms with Crippen LogP contribution in [0.1, 0.15) is 79.4 Å². The standard InChI is InChI=1S/C20H14O5/c1-20-5-4-16(23)12-8-25-19(17(12)20)18(24)11-6-9-10(7-13(11)20)15(22)3-2-14(9)21/h2-3,6-8,16,23H,4-5H2,1H3/t16?,20-/m1/s1. The summed E-state index contributed by atoms with van der Waals surface area (Å²) in [6.07, 6.45) is 4.47. The van der Waals surface area contributed by atoms with Crippen LogP contribution >= 0.6 is 0 Å². The molecule has 1 unspecified atom stereocenters. The highest BCUT2D eigenvalue weighted by Crippen LogP contribution is 2.52. The number of carbonyl (C=O) groups is 3. The molecule has 5 heteroatoms. The van der Waals surface area contributed by atoms with Gasteiger partial charge in [0.2, 0.25) is 5.78 Å². The monoisotopic (exact) mass is 334 g/mol. The van der Waals surface area contributed by atoms with Crippen LogP contribution in [0.15, 0.2) is 35.0 Å². The second kappa shape index (κ2) is 4.43. The van der Waals surface area contributed by atoms with Crippen molar-refractivity contribution in [3.8, 4) is 0 Å². The Labute approximate surface area is 143 Å². The van der Waals surface area contributed by atoms with Crippen LogP contribution in [0.4, 0.5) is 0 Å². The fraction of sp³-hybridized carbons (Fsp3) is 0.250. The Hall–Kier alpha value is -2.79. The molecule has 3 aliphatic rings. The van der Waals surface area contributed by atoms with E-state index in [9.17, 15) is 19.5 Å². The maximum absolute atomic E-state index is 12.9. The first kappa shape index (κ1) is 14.5. The second-order valence-electron chi connectivity index (χ2n) is 7.12. The van der Waals surface area contributed by atoms with Crippen molar-refractivity contribution in [1.29, 1.82) is 0 Å². The number of ketones is 3. The fourth-order valence-corrected chi connectivity index (χ4v) is 4.43. The number of aliphatic hydroxyl groups is 1. The molecule has 0 saturated heterocycles. The number of furan rings is 1. The number of fused-ring (bicyclic) bond motifs is 3. The topological polar surface area (TPSA) is 84.6 Å². The van der Waals surface area contributed by atoms with Gasteiger partial charge in [0.1, 0.15) is 0 Å². The first-order chi connectivity index (χ1) is 11.9. The van der Waals surface area contributed by atoms with Crippen molar-refractivity contribution in [2.24, 2.45) is 0 Å². The van der Waals surface area contributed by atoms with E-state index in [2.05, 4.69) is 0 Å². The first-order valence-corrected chi connectivity index (χ1v) is 8.21. The zero-order chi connectivity index (χ0) is 17.5. The minimum absolute atomic E-state index is 0.230. The van der Waals surface area contributed by atoms with Gasteiger partial charge in [0.25, 0.3) is 0 Å². The maximum Gasteiger partial charge on any atom is 0.228 e. The molecule has 0 radical (unpaired) electrons. The van der Waals surface area contributed by atoms with Crippen LogP contribution < -0.4 is 0 Å². The molecule has 2 aromatic rings. The predicted octanol–water partition coefficient (Wildman–Crippen LogP) is 2.89. The summed E-state index contributed by atoms with van der Waals surface area (Å²) in [5.41, 5.74) is 2.56. The largest absolute Gasteiger partial charge is 0.460 e. The second-order valence-corrected chi connectivity index (χ2v) is 7.12. The van der Waals surface area contributed by atoms with Gasteiger partial charge in [0.05, 0.1) is 12.4 Å². The molecule has 2 atom stereocenters. The van der Waals surface area contributed by atoms with Gasteiger partial charge in [-0.25, -0.2) is 0 Å². The van der Waals surface area contributed by atoms with Crippen LogP contribution in [0.25, 0.3) is 0 Å². The molecule has 1 N–H and O–H groups in total. The van der Waals surface area contributed by atoms with Crippen molar-refractivity contribution in [1.82, 2.24) is 0 Å². The van der Waals surface area contributed by atoms with Gasteiger partial charge in [-0.1, -0.05) is 6.92 Å². The average molecular weight is 334 g/mol. The molecule has 0 aliphatic heterocycles. The molecule has 3 aliphatic carbocycles. The number of hydrogen-bond acceptors (Lipinski definition) is 5. The normalized spacial score (nSPS) is 26.3. The molecular weight excluding hydrogens is 320 g/mol. The van der Waals surface area contributed by atoms with E-state index in [0.717, 1.165) is 5.56 Å². The zero-order valence-electron chi connectivity index (χ0n) is 13.5. The summed E-state index contributed by atoms with van der Waals surface area (Å²) in [4.78, 5) is 37.3. The predicted molar refractivity (Wildman–Crippen MR) is 87.0 cm³/mol. The molecule has 1 aromatic carbocycles. The highest BCUT2D eigenvalue weighted by molar-refractivity contribution is 6.23. The van der Waals surface area contributed by atoms with Crippen LogP contribution in [0.2, 0.25) is 0 Å². The molecule has 0 saturated carbocycles. The molecule has 1 heterocycles. The van der Waals surface area contributed by atoms with E-state index in [1.165, 1.54) is 24.5 Å². The van der Waals surface area contributed by atoms with E-state index in [1.807, 2.05) is 6.92 Å². The van der Waals surface area contributed by atoms with Crippen LogP contribution in [0.3, 0.4) is 0 Å². The summed E-state index contributed by atoms with van der Waals surface area (Å²) in [5.74, 6) is -0.586. The Balaban J connectivity index is 1.85. The summed E-state index contributed by atoms with van der Waals surface area (Å²) in [6.45, 7) is 2.00. The van der Waals surface area contributed by atoms with Gasteiger partial charge in [-0.05, 0) is 42.7 Å². The maximum atomic E-state index is 12.9. The van der Waals surface area contributed by atoms with E-state index in [0.29, 0.717) is 35.1 Å². The Morgan fingerprint density at radius 3 is 2.48 bits per heavy atom. The number of carbonyl (C=O) groups excluding carboxylic acids is 3. The lowest BCUT2D eigenvalue weighted by atomic mass is 9.62. The zero-order valence-corrected chi connectivity index (χ0v) is 13.5. The van der Waals surface area contributed by atoms with Crippen molar-refractivity contribution in [2.75, 3.05) is 0 Å². The lowest BCUT2D eigenvalue weighted by molar-refractivity contribution is 0.0984. The quantitative estimate of drug-likeness (QED) is 0.801. The summed E-state index contributed by atoms with van der Waals surface area (Å²) < 4.78 is 5.51. The summed E-state index contributed by atoms with van der Waals surface area (Å²) in [7, 11) is 0. The highest BCUT2D eigenvalue weighted by atomic mass is 16.3. The highest BCUT2D eigenvalue weighted by Gasteiger charge is 2.48. The molecule has 1 aromatic heterocycles. The Kier molecular flexibility index (Phi) is 2.58. The molecular formula is C20H14O5. The summed E-state index contributed by atoms with van der Waals surface area (Å²) >= 11 is 0. The van der Waals surface area contributed by atoms with E-state index >= 15 is 0 Å². The van der Waals surface area contributed by atoms with Crippen molar-refractivity contribution in [2.45, 2.75) is 31.3 Å². The average Bonchev–Trinajstić information content (AvgIpc) is 3.06. The van der Waals surface area contributed by atoms with Gasteiger partial charge < -0.3 is 9.52 Å². The van der Waals surface area contributed by atoms with Crippen molar-refractivity contribution >= 4 is 17.3 Å². The Morgan fingerprint density at radius 1 is 1.08 bits per heavy atom. The Morgan fingerprint density at radius 2 is 1.76 bits per heavy atom. The van der Waals surface area contributed by atoms with Gasteiger partial charge >= 0.3 is 0 Å². The molecule has 0 bridgehead atoms. The van der Waals surface area contributed by atoms with E-state index in [-0.39, 0.29) is 28.7 Å². The number of hydrogen-bond donors (Lipinski definition) is 1. The third-order valence-electron chi connectivity index (χ3n) is 5.77. The summed E-state index contributed by atoms with van der Waals surface area (Å²) in [5, 5.41) is 10.3. The first-order valence-electron chi connectivity index (χ1n) is 8.21. The SMILES string of the molecule is C[C@]12CCC(O)c3coc(c31)C(=O)c1cc3c(cc12)C(=O)C=CC3=O. The molecule has 5 rings (SSSR count). The van der Waals surface area contributed by atoms with Crippen molar-refractivity contribution in [3.63, 3.8) is 0 Å². The van der Waals surface area contributed by atoms with Crippen molar-refractivity contribution < 1.29 is 23.9 Å². The smallest absolute Gasteiger partial charge is 0.228 e. The van der Waals surface area contributed by atoms with Gasteiger partial charge in [0, 0.05) is 33.2 Å². The van der Waals surface area contributed by atoms with Crippen LogP contribution in [-0.4, -0.2) is 22.5 Å². The third-order valence-corrected chi connectivity index (χ3v) is 5.77. The number of benzene rings is 1. The lowest BCUT2D eigenvalue weighted by Crippen LogP contribution is -2.37. The van der Waals surface area contributed by atoms with Crippen LogP contribution in [0.5, 0.6) is 0 Å². The molecule has 0 amide bonds. The summed E-state index contributed by atoms with van der Waals surface area (Å²) in [6, 6.07) is 3.21. The van der Waals surface area contributed by atoms with E-state index in [4.69, 9.17) is 4.42 Å². The molecule has 5 nitrogen and oxygen atoms in total. The molecule has 25 heavy (non-hydrogen) atoms. The minimum Gasteiger partial charge on any atom is -0.460 e. The number of allylic oxidation sites excluding steroid dienone is 2. The lowest BCUT2D eigenvalue weighted by Gasteiger charge is -2.40. The molecule has 124 valence electrons. The van der Waals surface area contributed by atoms with Gasteiger partial charge in [-0.3, -0.25) is 14.4 Å². The van der Waals surface area contributed by atoms with Crippen LogP contribution in [-0.2, 0) is 5.41 Å². The fourth-order valence-electron chi connectivity index (χ4n) is 4.43. The number of aliphatic hydroxyl groups excluding tert-OH is 1. The minimum atomic E-state index is -0.654. The van der Waals surface area contributed by atoms with Crippen molar-refractivity contribution in [3.05, 3.63) is 69.7 Å². The van der Waals surface area contributed by atoms with Gasteiger partial charge in [-0.2, -0.15) is 0 Å². The van der Waals surface area contributed by atoms with Gasteiger partial charge in [0.15, 0.2) is 17.3 Å². The third kappa shape index (κ3) is 1.63. The molecule has 0 spiro atoms. The molecule has 0 fully saturated rings. The van der Waals surface area contributed by atoms with E-state index < -0.39 is 11.5 Å². The Bertz CT molecular complexity index is 1040. The number of rotatable bonds is 0. The van der Waals surface area contributed by atoms with Gasteiger partial charge in [-0.15, -0.1) is 0 Å².